The van der Waals surface area contributed by atoms with E-state index in [0.717, 1.165) is 25.7 Å². The summed E-state index contributed by atoms with van der Waals surface area (Å²) in [7, 11) is 0. The molecule has 1 aliphatic rings. The van der Waals surface area contributed by atoms with Crippen LogP contribution < -0.4 is 5.32 Å². The number of hydrogen-bond acceptors (Lipinski definition) is 2. The summed E-state index contributed by atoms with van der Waals surface area (Å²) in [5, 5.41) is 3.27. The molecule has 0 spiro atoms. The van der Waals surface area contributed by atoms with Crippen LogP contribution in [0.25, 0.3) is 0 Å². The fourth-order valence-corrected chi connectivity index (χ4v) is 2.81. The van der Waals surface area contributed by atoms with Crippen molar-refractivity contribution >= 4 is 29.1 Å². The SMILES string of the molecule is O=C(NCC1CCCC(Cl)C1)c1ccoc1Cl. The van der Waals surface area contributed by atoms with Crippen LogP contribution >= 0.6 is 23.2 Å². The minimum atomic E-state index is -0.180. The fraction of sp³-hybridized carbons (Fsp3) is 0.583. The van der Waals surface area contributed by atoms with Gasteiger partial charge in [-0.05, 0) is 42.8 Å². The zero-order chi connectivity index (χ0) is 12.3. The van der Waals surface area contributed by atoms with Crippen molar-refractivity contribution in [1.82, 2.24) is 5.32 Å². The number of hydrogen-bond donors (Lipinski definition) is 1. The third-order valence-electron chi connectivity index (χ3n) is 3.13. The van der Waals surface area contributed by atoms with Gasteiger partial charge in [-0.3, -0.25) is 4.79 Å². The first-order valence-electron chi connectivity index (χ1n) is 5.82. The largest absolute Gasteiger partial charge is 0.452 e. The average Bonchev–Trinajstić information content (AvgIpc) is 2.72. The molecule has 5 heteroatoms. The number of furan rings is 1. The van der Waals surface area contributed by atoms with Gasteiger partial charge in [0.2, 0.25) is 5.22 Å². The second-order valence-corrected chi connectivity index (χ2v) is 5.41. The van der Waals surface area contributed by atoms with E-state index < -0.39 is 0 Å². The number of carbonyl (C=O) groups excluding carboxylic acids is 1. The molecule has 2 atom stereocenters. The van der Waals surface area contributed by atoms with Crippen molar-refractivity contribution in [3.8, 4) is 0 Å². The van der Waals surface area contributed by atoms with Gasteiger partial charge in [0, 0.05) is 11.9 Å². The van der Waals surface area contributed by atoms with Crippen molar-refractivity contribution in [1.29, 1.82) is 0 Å². The number of alkyl halides is 1. The molecule has 94 valence electrons. The summed E-state index contributed by atoms with van der Waals surface area (Å²) in [6.45, 7) is 0.656. The van der Waals surface area contributed by atoms with E-state index in [1.807, 2.05) is 0 Å². The predicted molar refractivity (Wildman–Crippen MR) is 67.7 cm³/mol. The Balaban J connectivity index is 1.82. The second kappa shape index (κ2) is 5.78. The van der Waals surface area contributed by atoms with Gasteiger partial charge in [-0.15, -0.1) is 11.6 Å². The minimum Gasteiger partial charge on any atom is -0.452 e. The number of nitrogens with one attached hydrogen (secondary N) is 1. The molecular formula is C12H15Cl2NO2. The third kappa shape index (κ3) is 3.39. The van der Waals surface area contributed by atoms with E-state index in [2.05, 4.69) is 5.32 Å². The first-order chi connectivity index (χ1) is 8.16. The van der Waals surface area contributed by atoms with Crippen LogP contribution in [-0.2, 0) is 0 Å². The minimum absolute atomic E-state index is 0.140. The van der Waals surface area contributed by atoms with Crippen LogP contribution in [0.1, 0.15) is 36.0 Å². The third-order valence-corrected chi connectivity index (χ3v) is 3.82. The van der Waals surface area contributed by atoms with E-state index >= 15 is 0 Å². The van der Waals surface area contributed by atoms with Crippen molar-refractivity contribution in [3.05, 3.63) is 23.1 Å². The van der Waals surface area contributed by atoms with Crippen molar-refractivity contribution < 1.29 is 9.21 Å². The van der Waals surface area contributed by atoms with Gasteiger partial charge in [-0.2, -0.15) is 0 Å². The summed E-state index contributed by atoms with van der Waals surface area (Å²) in [6.07, 6.45) is 5.73. The Labute approximate surface area is 110 Å². The van der Waals surface area contributed by atoms with Crippen molar-refractivity contribution in [2.45, 2.75) is 31.1 Å². The molecule has 0 saturated heterocycles. The highest BCUT2D eigenvalue weighted by molar-refractivity contribution is 6.32. The summed E-state index contributed by atoms with van der Waals surface area (Å²) >= 11 is 11.8. The molecular weight excluding hydrogens is 261 g/mol. The molecule has 1 aromatic heterocycles. The average molecular weight is 276 g/mol. The van der Waals surface area contributed by atoms with Crippen molar-refractivity contribution in [3.63, 3.8) is 0 Å². The van der Waals surface area contributed by atoms with Crippen LogP contribution in [0.4, 0.5) is 0 Å². The molecule has 0 bridgehead atoms. The Morgan fingerprint density at radius 1 is 1.53 bits per heavy atom. The van der Waals surface area contributed by atoms with Gasteiger partial charge >= 0.3 is 0 Å². The summed E-state index contributed by atoms with van der Waals surface area (Å²) in [6, 6.07) is 1.57. The molecule has 2 rings (SSSR count). The highest BCUT2D eigenvalue weighted by atomic mass is 35.5. The summed E-state index contributed by atoms with van der Waals surface area (Å²) in [5.74, 6) is 0.293. The van der Waals surface area contributed by atoms with Crippen LogP contribution in [0.15, 0.2) is 16.7 Å². The first-order valence-corrected chi connectivity index (χ1v) is 6.63. The highest BCUT2D eigenvalue weighted by Gasteiger charge is 2.21. The molecule has 2 unspecified atom stereocenters. The molecule has 1 N–H and O–H groups in total. The summed E-state index contributed by atoms with van der Waals surface area (Å²) < 4.78 is 4.88. The Morgan fingerprint density at radius 2 is 2.35 bits per heavy atom. The Hall–Kier alpha value is -0.670. The fourth-order valence-electron chi connectivity index (χ4n) is 2.20. The van der Waals surface area contributed by atoms with Gasteiger partial charge in [0.25, 0.3) is 5.91 Å². The highest BCUT2D eigenvalue weighted by Crippen LogP contribution is 2.27. The molecule has 1 amide bonds. The Kier molecular flexibility index (Phi) is 4.35. The predicted octanol–water partition coefficient (Wildman–Crippen LogP) is 3.46. The summed E-state index contributed by atoms with van der Waals surface area (Å²) in [5.41, 5.74) is 0.393. The Bertz CT molecular complexity index is 392. The van der Waals surface area contributed by atoms with E-state index in [-0.39, 0.29) is 16.5 Å². The Morgan fingerprint density at radius 3 is 3.00 bits per heavy atom. The van der Waals surface area contributed by atoms with Gasteiger partial charge in [0.05, 0.1) is 11.8 Å². The molecule has 1 saturated carbocycles. The maximum Gasteiger partial charge on any atom is 0.256 e. The van der Waals surface area contributed by atoms with Crippen LogP contribution in [0, 0.1) is 5.92 Å². The number of halogens is 2. The van der Waals surface area contributed by atoms with E-state index in [4.69, 9.17) is 27.6 Å². The van der Waals surface area contributed by atoms with Crippen molar-refractivity contribution in [2.75, 3.05) is 6.54 Å². The lowest BCUT2D eigenvalue weighted by Gasteiger charge is -2.25. The topological polar surface area (TPSA) is 42.2 Å². The lowest BCUT2D eigenvalue weighted by molar-refractivity contribution is 0.0943. The van der Waals surface area contributed by atoms with Crippen LogP contribution in [0.3, 0.4) is 0 Å². The zero-order valence-corrected chi connectivity index (χ0v) is 10.9. The van der Waals surface area contributed by atoms with E-state index in [9.17, 15) is 4.79 Å². The molecule has 1 heterocycles. The number of amides is 1. The molecule has 0 radical (unpaired) electrons. The van der Waals surface area contributed by atoms with Crippen molar-refractivity contribution in [2.24, 2.45) is 5.92 Å². The first kappa shape index (κ1) is 12.8. The van der Waals surface area contributed by atoms with Gasteiger partial charge in [-0.25, -0.2) is 0 Å². The maximum atomic E-state index is 11.8. The molecule has 0 aromatic carbocycles. The molecule has 1 aromatic rings. The van der Waals surface area contributed by atoms with Crippen LogP contribution in [0.2, 0.25) is 5.22 Å². The number of carbonyl (C=O) groups is 1. The summed E-state index contributed by atoms with van der Waals surface area (Å²) in [4.78, 5) is 11.8. The van der Waals surface area contributed by atoms with E-state index in [1.165, 1.54) is 6.26 Å². The second-order valence-electron chi connectivity index (χ2n) is 4.45. The normalized spacial score (nSPS) is 24.6. The van der Waals surface area contributed by atoms with Gasteiger partial charge in [-0.1, -0.05) is 6.42 Å². The van der Waals surface area contributed by atoms with Gasteiger partial charge in [0.15, 0.2) is 0 Å². The monoisotopic (exact) mass is 275 g/mol. The smallest absolute Gasteiger partial charge is 0.256 e. The van der Waals surface area contributed by atoms with E-state index in [1.54, 1.807) is 6.07 Å². The quantitative estimate of drug-likeness (QED) is 0.859. The molecule has 3 nitrogen and oxygen atoms in total. The van der Waals surface area contributed by atoms with E-state index in [0.29, 0.717) is 18.0 Å². The zero-order valence-electron chi connectivity index (χ0n) is 9.42. The molecule has 17 heavy (non-hydrogen) atoms. The standard InChI is InChI=1S/C12H15Cl2NO2/c13-9-3-1-2-8(6-9)7-15-12(16)10-4-5-17-11(10)14/h4-5,8-9H,1-3,6-7H2,(H,15,16). The van der Waals surface area contributed by atoms with Crippen LogP contribution in [-0.4, -0.2) is 17.8 Å². The number of rotatable bonds is 3. The lowest BCUT2D eigenvalue weighted by atomic mass is 9.89. The van der Waals surface area contributed by atoms with Gasteiger partial charge < -0.3 is 9.73 Å². The maximum absolute atomic E-state index is 11.8. The molecule has 1 fully saturated rings. The molecule has 0 aliphatic heterocycles. The molecule has 1 aliphatic carbocycles. The lowest BCUT2D eigenvalue weighted by Crippen LogP contribution is -2.31. The van der Waals surface area contributed by atoms with Gasteiger partial charge in [0.1, 0.15) is 0 Å². The van der Waals surface area contributed by atoms with Crippen LogP contribution in [0.5, 0.6) is 0 Å².